The van der Waals surface area contributed by atoms with E-state index in [1.165, 1.54) is 45.1 Å². The van der Waals surface area contributed by atoms with Crippen molar-refractivity contribution in [3.05, 3.63) is 0 Å². The summed E-state index contributed by atoms with van der Waals surface area (Å²) < 4.78 is 0. The highest BCUT2D eigenvalue weighted by atomic mass is 127. The van der Waals surface area contributed by atoms with Gasteiger partial charge in [0, 0.05) is 30.4 Å². The van der Waals surface area contributed by atoms with E-state index in [-0.39, 0.29) is 24.0 Å². The van der Waals surface area contributed by atoms with Crippen LogP contribution in [0.1, 0.15) is 52.4 Å². The molecule has 2 fully saturated rings. The number of halogens is 1. The van der Waals surface area contributed by atoms with Gasteiger partial charge in [0.2, 0.25) is 0 Å². The molecular formula is C17H35IN4S. The second-order valence-corrected chi connectivity index (χ2v) is 7.79. The largest absolute Gasteiger partial charge is 0.357 e. The molecule has 23 heavy (non-hydrogen) atoms. The third kappa shape index (κ3) is 7.38. The van der Waals surface area contributed by atoms with Crippen LogP contribution < -0.4 is 10.6 Å². The number of likely N-dealkylation sites (tertiary alicyclic amines) is 1. The first-order chi connectivity index (χ1) is 10.7. The monoisotopic (exact) mass is 454 g/mol. The van der Waals surface area contributed by atoms with Crippen molar-refractivity contribution < 1.29 is 0 Å². The predicted molar refractivity (Wildman–Crippen MR) is 114 cm³/mol. The van der Waals surface area contributed by atoms with Crippen molar-refractivity contribution in [2.45, 2.75) is 69.7 Å². The van der Waals surface area contributed by atoms with Crippen molar-refractivity contribution in [1.29, 1.82) is 0 Å². The molecule has 3 atom stereocenters. The molecule has 0 bridgehead atoms. The lowest BCUT2D eigenvalue weighted by molar-refractivity contribution is 0.166. The number of guanidine groups is 1. The zero-order chi connectivity index (χ0) is 15.8. The van der Waals surface area contributed by atoms with Gasteiger partial charge >= 0.3 is 0 Å². The van der Waals surface area contributed by atoms with Gasteiger partial charge < -0.3 is 10.6 Å². The maximum absolute atomic E-state index is 4.80. The molecule has 6 heteroatoms. The van der Waals surface area contributed by atoms with Crippen LogP contribution in [0, 0.1) is 0 Å². The molecule has 0 amide bonds. The van der Waals surface area contributed by atoms with Crippen LogP contribution in [0.5, 0.6) is 0 Å². The molecule has 0 aromatic carbocycles. The van der Waals surface area contributed by atoms with Crippen LogP contribution in [-0.4, -0.2) is 60.6 Å². The van der Waals surface area contributed by atoms with E-state index in [0.29, 0.717) is 6.04 Å². The van der Waals surface area contributed by atoms with Gasteiger partial charge in [0.05, 0.1) is 6.54 Å². The molecule has 3 unspecified atom stereocenters. The van der Waals surface area contributed by atoms with Crippen molar-refractivity contribution >= 4 is 41.7 Å². The van der Waals surface area contributed by atoms with Gasteiger partial charge in [0.1, 0.15) is 0 Å². The molecule has 1 saturated heterocycles. The first kappa shape index (κ1) is 21.4. The van der Waals surface area contributed by atoms with E-state index >= 15 is 0 Å². The first-order valence-corrected chi connectivity index (χ1v) is 10.3. The number of rotatable bonds is 6. The van der Waals surface area contributed by atoms with Gasteiger partial charge in [-0.05, 0) is 58.8 Å². The Bertz CT molecular complexity index is 353. The molecule has 1 aliphatic heterocycles. The second kappa shape index (κ2) is 11.8. The van der Waals surface area contributed by atoms with E-state index in [1.807, 2.05) is 11.8 Å². The fourth-order valence-electron chi connectivity index (χ4n) is 3.58. The van der Waals surface area contributed by atoms with Gasteiger partial charge in [0.25, 0.3) is 0 Å². The van der Waals surface area contributed by atoms with Gasteiger partial charge in [-0.2, -0.15) is 11.8 Å². The van der Waals surface area contributed by atoms with Crippen LogP contribution in [0.2, 0.25) is 0 Å². The lowest BCUT2D eigenvalue weighted by Gasteiger charge is -2.32. The number of piperidine rings is 1. The summed E-state index contributed by atoms with van der Waals surface area (Å²) in [6.45, 7) is 8.67. The zero-order valence-corrected chi connectivity index (χ0v) is 18.2. The molecule has 2 N–H and O–H groups in total. The van der Waals surface area contributed by atoms with Crippen molar-refractivity contribution in [1.82, 2.24) is 15.5 Å². The summed E-state index contributed by atoms with van der Waals surface area (Å²) in [5, 5.41) is 7.87. The normalized spacial score (nSPS) is 29.2. The van der Waals surface area contributed by atoms with E-state index in [4.69, 9.17) is 4.99 Å². The van der Waals surface area contributed by atoms with Crippen LogP contribution in [0.4, 0.5) is 0 Å². The van der Waals surface area contributed by atoms with Gasteiger partial charge in [-0.15, -0.1) is 24.0 Å². The Hall–Kier alpha value is 0.310. The topological polar surface area (TPSA) is 39.7 Å². The summed E-state index contributed by atoms with van der Waals surface area (Å²) in [4.78, 5) is 7.40. The molecule has 0 radical (unpaired) electrons. The second-order valence-electron chi connectivity index (χ2n) is 6.65. The summed E-state index contributed by atoms with van der Waals surface area (Å²) in [7, 11) is 0. The summed E-state index contributed by atoms with van der Waals surface area (Å²) in [5.41, 5.74) is 0. The molecule has 136 valence electrons. The third-order valence-electron chi connectivity index (χ3n) is 5.00. The van der Waals surface area contributed by atoms with Crippen LogP contribution in [0.25, 0.3) is 0 Å². The molecule has 2 rings (SSSR count). The number of nitrogens with one attached hydrogen (secondary N) is 2. The van der Waals surface area contributed by atoms with E-state index in [1.54, 1.807) is 0 Å². The Morgan fingerprint density at radius 2 is 2.09 bits per heavy atom. The number of nitrogens with zero attached hydrogens (tertiary/aromatic N) is 2. The number of hydrogen-bond acceptors (Lipinski definition) is 3. The Morgan fingerprint density at radius 1 is 1.26 bits per heavy atom. The van der Waals surface area contributed by atoms with Crippen LogP contribution in [-0.2, 0) is 0 Å². The Kier molecular flexibility index (Phi) is 10.9. The Balaban J connectivity index is 0.00000264. The minimum atomic E-state index is 0. The smallest absolute Gasteiger partial charge is 0.191 e. The molecule has 2 aliphatic rings. The van der Waals surface area contributed by atoms with E-state index in [9.17, 15) is 0 Å². The molecule has 4 nitrogen and oxygen atoms in total. The Morgan fingerprint density at radius 3 is 2.74 bits per heavy atom. The van der Waals surface area contributed by atoms with Crippen molar-refractivity contribution in [2.75, 3.05) is 32.4 Å². The third-order valence-corrected chi connectivity index (χ3v) is 6.10. The van der Waals surface area contributed by atoms with Gasteiger partial charge in [-0.1, -0.05) is 6.42 Å². The van der Waals surface area contributed by atoms with Crippen LogP contribution in [0.3, 0.4) is 0 Å². The fourth-order valence-corrected chi connectivity index (χ4v) is 4.38. The van der Waals surface area contributed by atoms with Crippen molar-refractivity contribution in [3.8, 4) is 0 Å². The standard InChI is InChI=1S/C17H34N4S.HI/c1-4-18-17(20-15-8-9-16(13-15)22-3)19-10-12-21-11-6-5-7-14(21)2;/h14-16H,4-13H2,1-3H3,(H2,18,19,20);1H. The zero-order valence-electron chi connectivity index (χ0n) is 15.0. The quantitative estimate of drug-likeness (QED) is 0.367. The van der Waals surface area contributed by atoms with Crippen molar-refractivity contribution in [2.24, 2.45) is 4.99 Å². The van der Waals surface area contributed by atoms with Crippen molar-refractivity contribution in [3.63, 3.8) is 0 Å². The average Bonchev–Trinajstić information content (AvgIpc) is 2.97. The number of hydrogen-bond donors (Lipinski definition) is 2. The maximum Gasteiger partial charge on any atom is 0.191 e. The molecule has 0 aromatic heterocycles. The average molecular weight is 454 g/mol. The molecule has 1 saturated carbocycles. The fraction of sp³-hybridized carbons (Fsp3) is 0.941. The van der Waals surface area contributed by atoms with Crippen LogP contribution >= 0.6 is 35.7 Å². The molecule has 1 aliphatic carbocycles. The highest BCUT2D eigenvalue weighted by Crippen LogP contribution is 2.28. The molecule has 0 aromatic rings. The highest BCUT2D eigenvalue weighted by molar-refractivity contribution is 14.0. The SMILES string of the molecule is CCNC(=NCCN1CCCCC1C)NC1CCC(SC)C1.I. The summed E-state index contributed by atoms with van der Waals surface area (Å²) in [6, 6.07) is 1.33. The molecular weight excluding hydrogens is 419 g/mol. The maximum atomic E-state index is 4.80. The summed E-state index contributed by atoms with van der Waals surface area (Å²) >= 11 is 2.01. The molecule has 0 spiro atoms. The lowest BCUT2D eigenvalue weighted by Crippen LogP contribution is -2.43. The van der Waals surface area contributed by atoms with Gasteiger partial charge in [0.15, 0.2) is 5.96 Å². The van der Waals surface area contributed by atoms with Gasteiger partial charge in [-0.25, -0.2) is 0 Å². The molecule has 1 heterocycles. The number of thioether (sulfide) groups is 1. The van der Waals surface area contributed by atoms with E-state index in [0.717, 1.165) is 36.9 Å². The lowest BCUT2D eigenvalue weighted by atomic mass is 10.0. The van der Waals surface area contributed by atoms with E-state index < -0.39 is 0 Å². The first-order valence-electron chi connectivity index (χ1n) is 9.04. The Labute approximate surface area is 164 Å². The number of aliphatic imine (C=N–C) groups is 1. The highest BCUT2D eigenvalue weighted by Gasteiger charge is 2.24. The van der Waals surface area contributed by atoms with Crippen LogP contribution in [0.15, 0.2) is 4.99 Å². The van der Waals surface area contributed by atoms with Gasteiger partial charge in [-0.3, -0.25) is 9.89 Å². The minimum absolute atomic E-state index is 0. The predicted octanol–water partition coefficient (Wildman–Crippen LogP) is 3.32. The summed E-state index contributed by atoms with van der Waals surface area (Å²) in [5.74, 6) is 1.01. The van der Waals surface area contributed by atoms with E-state index in [2.05, 4.69) is 35.6 Å². The minimum Gasteiger partial charge on any atom is -0.357 e. The summed E-state index contributed by atoms with van der Waals surface area (Å²) in [6.07, 6.45) is 10.2.